The molecule has 0 saturated heterocycles. The summed E-state index contributed by atoms with van der Waals surface area (Å²) in [6.07, 6.45) is 3.46. The molecule has 3 aromatic rings. The van der Waals surface area contributed by atoms with Gasteiger partial charge in [0.15, 0.2) is 11.5 Å². The van der Waals surface area contributed by atoms with E-state index in [1.54, 1.807) is 29.1 Å². The molecule has 4 rings (SSSR count). The molecule has 1 aromatic heterocycles. The van der Waals surface area contributed by atoms with Gasteiger partial charge >= 0.3 is 0 Å². The van der Waals surface area contributed by atoms with Crippen LogP contribution in [0.25, 0.3) is 0 Å². The van der Waals surface area contributed by atoms with Gasteiger partial charge in [-0.2, -0.15) is 5.10 Å². The van der Waals surface area contributed by atoms with Crippen molar-refractivity contribution < 1.29 is 14.3 Å². The molecule has 1 aliphatic heterocycles. The van der Waals surface area contributed by atoms with Gasteiger partial charge in [-0.05, 0) is 30.7 Å². The molecule has 26 heavy (non-hydrogen) atoms. The highest BCUT2D eigenvalue weighted by atomic mass is 16.6. The molecule has 2 heterocycles. The maximum atomic E-state index is 12.5. The lowest BCUT2D eigenvalue weighted by Gasteiger charge is -2.18. The molecule has 132 valence electrons. The zero-order valence-corrected chi connectivity index (χ0v) is 14.4. The fourth-order valence-electron chi connectivity index (χ4n) is 2.90. The van der Waals surface area contributed by atoms with Crippen molar-refractivity contribution in [2.45, 2.75) is 13.5 Å². The zero-order valence-electron chi connectivity index (χ0n) is 14.4. The number of aryl methyl sites for hydroxylation is 1. The molecule has 0 atom stereocenters. The van der Waals surface area contributed by atoms with Gasteiger partial charge in [0, 0.05) is 11.8 Å². The van der Waals surface area contributed by atoms with Crippen molar-refractivity contribution >= 4 is 11.6 Å². The van der Waals surface area contributed by atoms with Crippen LogP contribution in [-0.2, 0) is 6.54 Å². The van der Waals surface area contributed by atoms with Crippen LogP contribution in [0.3, 0.4) is 0 Å². The van der Waals surface area contributed by atoms with Crippen LogP contribution < -0.4 is 14.8 Å². The predicted molar refractivity (Wildman–Crippen MR) is 97.9 cm³/mol. The maximum absolute atomic E-state index is 12.5. The van der Waals surface area contributed by atoms with Crippen LogP contribution in [0.5, 0.6) is 11.5 Å². The molecule has 2 aromatic carbocycles. The average molecular weight is 349 g/mol. The Labute approximate surface area is 151 Å². The van der Waals surface area contributed by atoms with E-state index in [1.807, 2.05) is 12.3 Å². The summed E-state index contributed by atoms with van der Waals surface area (Å²) in [5.41, 5.74) is 3.54. The Balaban J connectivity index is 1.44. The third kappa shape index (κ3) is 3.54. The number of ether oxygens (including phenoxy) is 2. The number of amides is 1. The first kappa shape index (κ1) is 16.2. The number of nitrogens with zero attached hydrogens (tertiary/aromatic N) is 2. The predicted octanol–water partition coefficient (Wildman–Crippen LogP) is 3.26. The fraction of sp³-hybridized carbons (Fsp3) is 0.200. The van der Waals surface area contributed by atoms with Gasteiger partial charge in [-0.3, -0.25) is 9.48 Å². The molecule has 1 amide bonds. The minimum absolute atomic E-state index is 0.211. The summed E-state index contributed by atoms with van der Waals surface area (Å²) in [4.78, 5) is 12.5. The summed E-state index contributed by atoms with van der Waals surface area (Å²) in [6.45, 7) is 3.73. The van der Waals surface area contributed by atoms with Gasteiger partial charge in [0.25, 0.3) is 5.91 Å². The maximum Gasteiger partial charge on any atom is 0.255 e. The van der Waals surface area contributed by atoms with E-state index in [2.05, 4.69) is 35.5 Å². The molecule has 6 heteroatoms. The Hall–Kier alpha value is -3.28. The Morgan fingerprint density at radius 2 is 2.00 bits per heavy atom. The number of nitrogens with one attached hydrogen (secondary N) is 1. The minimum atomic E-state index is -0.211. The number of anilines is 1. The molecule has 1 aliphatic rings. The molecular weight excluding hydrogens is 330 g/mol. The van der Waals surface area contributed by atoms with Gasteiger partial charge in [-0.15, -0.1) is 0 Å². The van der Waals surface area contributed by atoms with Gasteiger partial charge in [-0.25, -0.2) is 0 Å². The second-order valence-corrected chi connectivity index (χ2v) is 6.23. The quantitative estimate of drug-likeness (QED) is 0.785. The number of hydrogen-bond donors (Lipinski definition) is 1. The first-order valence-corrected chi connectivity index (χ1v) is 8.46. The van der Waals surface area contributed by atoms with Crippen LogP contribution in [0, 0.1) is 6.92 Å². The lowest BCUT2D eigenvalue weighted by atomic mass is 10.1. The first-order valence-electron chi connectivity index (χ1n) is 8.46. The highest BCUT2D eigenvalue weighted by Crippen LogP contribution is 2.30. The third-order valence-electron chi connectivity index (χ3n) is 4.12. The Morgan fingerprint density at radius 1 is 1.15 bits per heavy atom. The van der Waals surface area contributed by atoms with Gasteiger partial charge in [0.05, 0.1) is 18.4 Å². The Morgan fingerprint density at radius 3 is 2.85 bits per heavy atom. The van der Waals surface area contributed by atoms with Crippen molar-refractivity contribution in [1.82, 2.24) is 9.78 Å². The number of carbonyl (C=O) groups excluding carboxylic acids is 1. The smallest absolute Gasteiger partial charge is 0.255 e. The normalized spacial score (nSPS) is 12.7. The second-order valence-electron chi connectivity index (χ2n) is 6.23. The molecule has 0 aliphatic carbocycles. The van der Waals surface area contributed by atoms with E-state index >= 15 is 0 Å². The summed E-state index contributed by atoms with van der Waals surface area (Å²) in [5.74, 6) is 1.05. The van der Waals surface area contributed by atoms with Crippen molar-refractivity contribution in [1.29, 1.82) is 0 Å². The van der Waals surface area contributed by atoms with E-state index in [1.165, 1.54) is 5.56 Å². The molecule has 0 spiro atoms. The van der Waals surface area contributed by atoms with Crippen molar-refractivity contribution in [2.24, 2.45) is 0 Å². The number of aromatic nitrogens is 2. The van der Waals surface area contributed by atoms with Crippen LogP contribution in [0.2, 0.25) is 0 Å². The van der Waals surface area contributed by atoms with E-state index < -0.39 is 0 Å². The fourth-order valence-corrected chi connectivity index (χ4v) is 2.90. The largest absolute Gasteiger partial charge is 0.486 e. The van der Waals surface area contributed by atoms with Gasteiger partial charge in [0.2, 0.25) is 0 Å². The molecule has 0 fully saturated rings. The van der Waals surface area contributed by atoms with Crippen LogP contribution in [0.1, 0.15) is 21.5 Å². The van der Waals surface area contributed by atoms with E-state index in [4.69, 9.17) is 9.47 Å². The van der Waals surface area contributed by atoms with Crippen LogP contribution in [-0.4, -0.2) is 28.9 Å². The molecule has 6 nitrogen and oxygen atoms in total. The number of rotatable bonds is 4. The molecule has 0 unspecified atom stereocenters. The van der Waals surface area contributed by atoms with Crippen molar-refractivity contribution in [3.8, 4) is 11.5 Å². The minimum Gasteiger partial charge on any atom is -0.486 e. The monoisotopic (exact) mass is 349 g/mol. The second kappa shape index (κ2) is 6.92. The SMILES string of the molecule is Cc1cccc(Cn2cc(NC(=O)c3ccc4c(c3)OCCO4)cn2)c1. The van der Waals surface area contributed by atoms with Crippen molar-refractivity contribution in [3.63, 3.8) is 0 Å². The molecule has 1 N–H and O–H groups in total. The standard InChI is InChI=1S/C20H19N3O3/c1-14-3-2-4-15(9-14)12-23-13-17(11-21-23)22-20(24)16-5-6-18-19(10-16)26-8-7-25-18/h2-6,9-11,13H,7-8,12H2,1H3,(H,22,24). The van der Waals surface area contributed by atoms with Gasteiger partial charge in [-0.1, -0.05) is 29.8 Å². The Bertz CT molecular complexity index is 949. The number of fused-ring (bicyclic) bond motifs is 1. The van der Waals surface area contributed by atoms with Gasteiger partial charge in [0.1, 0.15) is 13.2 Å². The lowest BCUT2D eigenvalue weighted by Crippen LogP contribution is -2.17. The topological polar surface area (TPSA) is 65.4 Å². The number of hydrogen-bond acceptors (Lipinski definition) is 4. The Kier molecular flexibility index (Phi) is 4.31. The van der Waals surface area contributed by atoms with Gasteiger partial charge < -0.3 is 14.8 Å². The van der Waals surface area contributed by atoms with Crippen LogP contribution >= 0.6 is 0 Å². The lowest BCUT2D eigenvalue weighted by molar-refractivity contribution is 0.102. The van der Waals surface area contributed by atoms with E-state index in [0.717, 1.165) is 5.56 Å². The zero-order chi connectivity index (χ0) is 17.9. The molecule has 0 bridgehead atoms. The average Bonchev–Trinajstić information content (AvgIpc) is 3.08. The summed E-state index contributed by atoms with van der Waals surface area (Å²) in [6, 6.07) is 13.4. The molecular formula is C20H19N3O3. The summed E-state index contributed by atoms with van der Waals surface area (Å²) in [7, 11) is 0. The third-order valence-corrected chi connectivity index (χ3v) is 4.12. The van der Waals surface area contributed by atoms with Crippen molar-refractivity contribution in [3.05, 3.63) is 71.5 Å². The van der Waals surface area contributed by atoms with Crippen molar-refractivity contribution in [2.75, 3.05) is 18.5 Å². The van der Waals surface area contributed by atoms with E-state index in [9.17, 15) is 4.79 Å². The summed E-state index contributed by atoms with van der Waals surface area (Å²) in [5, 5.41) is 7.18. The molecule has 0 saturated carbocycles. The summed E-state index contributed by atoms with van der Waals surface area (Å²) >= 11 is 0. The number of benzene rings is 2. The van der Waals surface area contributed by atoms with Crippen LogP contribution in [0.15, 0.2) is 54.9 Å². The van der Waals surface area contributed by atoms with E-state index in [-0.39, 0.29) is 5.91 Å². The first-order chi connectivity index (χ1) is 12.7. The highest BCUT2D eigenvalue weighted by Gasteiger charge is 2.15. The van der Waals surface area contributed by atoms with E-state index in [0.29, 0.717) is 42.5 Å². The van der Waals surface area contributed by atoms with Crippen LogP contribution in [0.4, 0.5) is 5.69 Å². The molecule has 0 radical (unpaired) electrons. The highest BCUT2D eigenvalue weighted by molar-refractivity contribution is 6.04. The number of carbonyl (C=O) groups is 1. The summed E-state index contributed by atoms with van der Waals surface area (Å²) < 4.78 is 12.8.